The highest BCUT2D eigenvalue weighted by atomic mass is 31.2. The van der Waals surface area contributed by atoms with E-state index in [0.29, 0.717) is 5.56 Å². The number of aliphatic hydroxyl groups is 1. The predicted octanol–water partition coefficient (Wildman–Crippen LogP) is 1.45. The van der Waals surface area contributed by atoms with E-state index in [4.69, 9.17) is 15.0 Å². The molecule has 2 aromatic carbocycles. The zero-order chi connectivity index (χ0) is 20.9. The number of hydroxylamine groups is 1. The number of hydrogen-bond donors (Lipinski definition) is 6. The Morgan fingerprint density at radius 1 is 1.00 bits per heavy atom. The second-order valence-corrected chi connectivity index (χ2v) is 7.02. The summed E-state index contributed by atoms with van der Waals surface area (Å²) in [5.74, 6) is -1.55. The van der Waals surface area contributed by atoms with Gasteiger partial charge in [-0.15, -0.1) is 0 Å². The maximum absolute atomic E-state index is 12.2. The van der Waals surface area contributed by atoms with Crippen molar-refractivity contribution >= 4 is 19.6 Å². The molecule has 29 heavy (non-hydrogen) atoms. The third kappa shape index (κ3) is 6.97. The highest BCUT2D eigenvalue weighted by Crippen LogP contribution is 2.38. The quantitative estimate of drug-likeness (QED) is 0.220. The van der Waals surface area contributed by atoms with Crippen LogP contribution in [0.2, 0.25) is 0 Å². The molecular formula is C18H23N2O8P. The van der Waals surface area contributed by atoms with Gasteiger partial charge < -0.3 is 14.9 Å². The van der Waals surface area contributed by atoms with Crippen LogP contribution in [0.5, 0.6) is 5.75 Å². The monoisotopic (exact) mass is 426 g/mol. The van der Waals surface area contributed by atoms with Crippen LogP contribution in [-0.4, -0.2) is 44.1 Å². The summed E-state index contributed by atoms with van der Waals surface area (Å²) in [5, 5.41) is 20.5. The van der Waals surface area contributed by atoms with Crippen molar-refractivity contribution in [2.75, 3.05) is 0 Å². The largest absolute Gasteiger partial charge is 0.524 e. The third-order valence-electron chi connectivity index (χ3n) is 3.72. The molecule has 2 aromatic rings. The normalized spacial score (nSPS) is 12.9. The summed E-state index contributed by atoms with van der Waals surface area (Å²) in [5.41, 5.74) is 3.04. The number of carbonyl (C=O) groups is 2. The van der Waals surface area contributed by atoms with Gasteiger partial charge in [-0.1, -0.05) is 31.7 Å². The van der Waals surface area contributed by atoms with Crippen molar-refractivity contribution in [2.24, 2.45) is 0 Å². The summed E-state index contributed by atoms with van der Waals surface area (Å²) < 4.78 is 15.3. The first kappa shape index (κ1) is 24.3. The molecule has 0 heterocycles. The van der Waals surface area contributed by atoms with E-state index in [1.165, 1.54) is 36.7 Å². The Kier molecular flexibility index (Phi) is 8.50. The summed E-state index contributed by atoms with van der Waals surface area (Å²) in [6.45, 7) is 1.29. The van der Waals surface area contributed by atoms with Crippen LogP contribution in [0.3, 0.4) is 0 Å². The van der Waals surface area contributed by atoms with Crippen LogP contribution in [0.25, 0.3) is 11.1 Å². The molecule has 0 aliphatic carbocycles. The molecule has 2 atom stereocenters. The van der Waals surface area contributed by atoms with Crippen molar-refractivity contribution < 1.29 is 38.8 Å². The van der Waals surface area contributed by atoms with Crippen LogP contribution in [0.4, 0.5) is 0 Å². The molecule has 0 aliphatic rings. The molecule has 6 N–H and O–H groups in total. The highest BCUT2D eigenvalue weighted by molar-refractivity contribution is 7.46. The lowest BCUT2D eigenvalue weighted by Gasteiger charge is -2.19. The van der Waals surface area contributed by atoms with Gasteiger partial charge >= 0.3 is 7.82 Å². The van der Waals surface area contributed by atoms with Crippen molar-refractivity contribution in [3.63, 3.8) is 0 Å². The number of nitrogens with one attached hydrogen (secondary N) is 2. The lowest BCUT2D eigenvalue weighted by molar-refractivity contribution is -0.133. The lowest BCUT2D eigenvalue weighted by atomic mass is 10.0. The molecule has 0 saturated carbocycles. The first-order valence-corrected chi connectivity index (χ1v) is 9.52. The van der Waals surface area contributed by atoms with Crippen molar-refractivity contribution in [3.8, 4) is 16.9 Å². The van der Waals surface area contributed by atoms with E-state index in [9.17, 15) is 19.3 Å². The number of phosphoric ester groups is 1. The van der Waals surface area contributed by atoms with Gasteiger partial charge in [-0.3, -0.25) is 24.6 Å². The van der Waals surface area contributed by atoms with Crippen molar-refractivity contribution in [1.82, 2.24) is 10.8 Å². The fourth-order valence-electron chi connectivity index (χ4n) is 2.36. The van der Waals surface area contributed by atoms with E-state index in [0.717, 1.165) is 5.56 Å². The molecule has 2 amide bonds. The number of hydrogen-bond acceptors (Lipinski definition) is 6. The average Bonchev–Trinajstić information content (AvgIpc) is 2.64. The Hall–Kier alpha value is -2.75. The number of carbonyl (C=O) groups excluding carboxylic acids is 2. The molecule has 0 bridgehead atoms. The molecule has 0 saturated heterocycles. The fraction of sp³-hybridized carbons (Fsp3) is 0.222. The first-order chi connectivity index (χ1) is 13.1. The molecule has 0 radical (unpaired) electrons. The zero-order valence-corrected chi connectivity index (χ0v) is 15.5. The molecule has 2 rings (SSSR count). The van der Waals surface area contributed by atoms with Gasteiger partial charge in [-0.05, 0) is 42.3 Å². The van der Waals surface area contributed by atoms with Crippen LogP contribution in [0.15, 0.2) is 48.5 Å². The van der Waals surface area contributed by atoms with Gasteiger partial charge in [0.05, 0.1) is 6.10 Å². The van der Waals surface area contributed by atoms with Gasteiger partial charge in [0, 0.05) is 5.56 Å². The van der Waals surface area contributed by atoms with Crippen LogP contribution >= 0.6 is 7.82 Å². The Bertz CT molecular complexity index is 878. The molecule has 0 spiro atoms. The van der Waals surface area contributed by atoms with E-state index < -0.39 is 31.8 Å². The number of aliphatic hydroxyl groups excluding tert-OH is 1. The molecule has 10 nitrogen and oxygen atoms in total. The predicted molar refractivity (Wildman–Crippen MR) is 104 cm³/mol. The summed E-state index contributed by atoms with van der Waals surface area (Å²) >= 11 is 0. The molecule has 158 valence electrons. The Labute approximate surface area is 167 Å². The van der Waals surface area contributed by atoms with E-state index in [-0.39, 0.29) is 18.7 Å². The van der Waals surface area contributed by atoms with Gasteiger partial charge in [-0.25, -0.2) is 10.0 Å². The van der Waals surface area contributed by atoms with Crippen molar-refractivity contribution in [3.05, 3.63) is 54.1 Å². The standard InChI is InChI=1S/C17H19N2O8P.CH4/c1-10(20)15(17(22)19-23)18-16(21)13-4-2-11(3-5-13)12-6-8-14(9-7-12)27-28(24,25)26;/h2-10,15,20,23H,1H3,(H,18,21)(H,19,22)(H2,24,25,26);1H4/t10-,15+;/m1./s1. The van der Waals surface area contributed by atoms with Gasteiger partial charge in [0.15, 0.2) is 0 Å². The van der Waals surface area contributed by atoms with Crippen molar-refractivity contribution in [1.29, 1.82) is 0 Å². The summed E-state index contributed by atoms with van der Waals surface area (Å²) in [6.07, 6.45) is -1.22. The second-order valence-electron chi connectivity index (χ2n) is 5.85. The molecule has 0 unspecified atom stereocenters. The summed E-state index contributed by atoms with van der Waals surface area (Å²) in [4.78, 5) is 41.3. The summed E-state index contributed by atoms with van der Waals surface area (Å²) in [7, 11) is -4.63. The van der Waals surface area contributed by atoms with Crippen molar-refractivity contribution in [2.45, 2.75) is 26.5 Å². The number of rotatable bonds is 7. The maximum atomic E-state index is 12.2. The number of benzene rings is 2. The van der Waals surface area contributed by atoms with Crippen LogP contribution < -0.4 is 15.3 Å². The number of amides is 2. The van der Waals surface area contributed by atoms with Gasteiger partial charge in [0.2, 0.25) is 0 Å². The van der Waals surface area contributed by atoms with Crippen LogP contribution in [0.1, 0.15) is 24.7 Å². The minimum atomic E-state index is -4.63. The topological polar surface area (TPSA) is 165 Å². The first-order valence-electron chi connectivity index (χ1n) is 7.99. The Balaban J connectivity index is 0.00000420. The lowest BCUT2D eigenvalue weighted by Crippen LogP contribution is -2.51. The Morgan fingerprint density at radius 3 is 1.90 bits per heavy atom. The third-order valence-corrected chi connectivity index (χ3v) is 4.17. The smallest absolute Gasteiger partial charge is 0.404 e. The van der Waals surface area contributed by atoms with E-state index >= 15 is 0 Å². The minimum absolute atomic E-state index is 0. The van der Waals surface area contributed by atoms with E-state index in [1.54, 1.807) is 24.3 Å². The molecule has 0 aromatic heterocycles. The minimum Gasteiger partial charge on any atom is -0.404 e. The van der Waals surface area contributed by atoms with E-state index in [1.807, 2.05) is 0 Å². The Morgan fingerprint density at radius 2 is 1.48 bits per heavy atom. The zero-order valence-electron chi connectivity index (χ0n) is 14.6. The molecular weight excluding hydrogens is 403 g/mol. The molecule has 11 heteroatoms. The molecule has 0 aliphatic heterocycles. The summed E-state index contributed by atoms with van der Waals surface area (Å²) in [6, 6.07) is 10.9. The van der Waals surface area contributed by atoms with Crippen LogP contribution in [-0.2, 0) is 9.36 Å². The van der Waals surface area contributed by atoms with Crippen LogP contribution in [0, 0.1) is 0 Å². The number of phosphoric acid groups is 1. The fourth-order valence-corrected chi connectivity index (χ4v) is 2.76. The molecule has 0 fully saturated rings. The highest BCUT2D eigenvalue weighted by Gasteiger charge is 2.25. The van der Waals surface area contributed by atoms with Gasteiger partial charge in [0.25, 0.3) is 11.8 Å². The van der Waals surface area contributed by atoms with E-state index in [2.05, 4.69) is 9.84 Å². The van der Waals surface area contributed by atoms with Gasteiger partial charge in [0.1, 0.15) is 11.8 Å². The van der Waals surface area contributed by atoms with Gasteiger partial charge in [-0.2, -0.15) is 0 Å². The average molecular weight is 426 g/mol. The maximum Gasteiger partial charge on any atom is 0.524 e. The second kappa shape index (κ2) is 10.1. The SMILES string of the molecule is C.C[C@@H](O)[C@H](NC(=O)c1ccc(-c2ccc(OP(=O)(O)O)cc2)cc1)C(=O)NO.